The van der Waals surface area contributed by atoms with E-state index in [1.165, 1.54) is 0 Å². The highest BCUT2D eigenvalue weighted by Gasteiger charge is 2.23. The van der Waals surface area contributed by atoms with Crippen molar-refractivity contribution in [2.24, 2.45) is 5.92 Å². The third-order valence-corrected chi connectivity index (χ3v) is 3.74. The van der Waals surface area contributed by atoms with E-state index in [4.69, 9.17) is 27.9 Å². The fourth-order valence-corrected chi connectivity index (χ4v) is 2.31. The van der Waals surface area contributed by atoms with Gasteiger partial charge in [-0.3, -0.25) is 0 Å². The Labute approximate surface area is 105 Å². The summed E-state index contributed by atoms with van der Waals surface area (Å²) in [6.45, 7) is 1.45. The lowest BCUT2D eigenvalue weighted by Crippen LogP contribution is -2.21. The summed E-state index contributed by atoms with van der Waals surface area (Å²) in [5, 5.41) is 11.2. The molecule has 1 fully saturated rings. The van der Waals surface area contributed by atoms with Gasteiger partial charge in [-0.05, 0) is 36.5 Å². The van der Waals surface area contributed by atoms with E-state index in [2.05, 4.69) is 0 Å². The topological polar surface area (TPSA) is 29.5 Å². The van der Waals surface area contributed by atoms with E-state index in [9.17, 15) is 5.11 Å². The molecule has 1 N–H and O–H groups in total. The number of rotatable bonds is 2. The van der Waals surface area contributed by atoms with E-state index in [1.807, 2.05) is 6.07 Å². The number of hydrogen-bond donors (Lipinski definition) is 1. The molecule has 88 valence electrons. The Morgan fingerprint density at radius 3 is 2.50 bits per heavy atom. The van der Waals surface area contributed by atoms with Crippen LogP contribution in [0.5, 0.6) is 0 Å². The normalized spacial score (nSPS) is 19.7. The van der Waals surface area contributed by atoms with Crippen molar-refractivity contribution in [3.8, 4) is 0 Å². The lowest BCUT2D eigenvalue weighted by molar-refractivity contribution is 0.00719. The molecule has 1 aromatic rings. The fourth-order valence-electron chi connectivity index (χ4n) is 2.00. The van der Waals surface area contributed by atoms with Crippen LogP contribution >= 0.6 is 23.2 Å². The minimum absolute atomic E-state index is 0.256. The fraction of sp³-hybridized carbons (Fsp3) is 0.500. The van der Waals surface area contributed by atoms with Crippen LogP contribution in [-0.4, -0.2) is 18.3 Å². The van der Waals surface area contributed by atoms with Crippen LogP contribution in [-0.2, 0) is 4.74 Å². The van der Waals surface area contributed by atoms with Gasteiger partial charge < -0.3 is 9.84 Å². The predicted octanol–water partition coefficient (Wildman–Crippen LogP) is 3.45. The monoisotopic (exact) mass is 260 g/mol. The molecule has 0 saturated carbocycles. The first kappa shape index (κ1) is 12.2. The molecule has 0 unspecified atom stereocenters. The van der Waals surface area contributed by atoms with Crippen molar-refractivity contribution < 1.29 is 9.84 Å². The summed E-state index contributed by atoms with van der Waals surface area (Å²) in [5.74, 6) is 0.256. The van der Waals surface area contributed by atoms with Gasteiger partial charge in [0, 0.05) is 13.2 Å². The van der Waals surface area contributed by atoms with Crippen LogP contribution < -0.4 is 0 Å². The highest BCUT2D eigenvalue weighted by molar-refractivity contribution is 6.42. The molecule has 0 bridgehead atoms. The smallest absolute Gasteiger partial charge is 0.0820 e. The van der Waals surface area contributed by atoms with E-state index < -0.39 is 6.10 Å². The Balaban J connectivity index is 2.12. The first-order valence-electron chi connectivity index (χ1n) is 5.39. The first-order valence-corrected chi connectivity index (χ1v) is 6.15. The van der Waals surface area contributed by atoms with E-state index >= 15 is 0 Å². The van der Waals surface area contributed by atoms with Gasteiger partial charge in [0.05, 0.1) is 16.1 Å². The molecule has 0 spiro atoms. The molecule has 1 aromatic carbocycles. The van der Waals surface area contributed by atoms with Gasteiger partial charge in [-0.25, -0.2) is 0 Å². The minimum atomic E-state index is -0.473. The van der Waals surface area contributed by atoms with Gasteiger partial charge in [0.25, 0.3) is 0 Å². The molecule has 0 amide bonds. The SMILES string of the molecule is O[C@H](c1ccc(Cl)c(Cl)c1)C1CCOCC1. The zero-order chi connectivity index (χ0) is 11.5. The van der Waals surface area contributed by atoms with Crippen molar-refractivity contribution in [2.45, 2.75) is 18.9 Å². The zero-order valence-corrected chi connectivity index (χ0v) is 10.3. The Morgan fingerprint density at radius 1 is 1.19 bits per heavy atom. The summed E-state index contributed by atoms with van der Waals surface area (Å²) < 4.78 is 5.27. The Hall–Kier alpha value is -0.280. The summed E-state index contributed by atoms with van der Waals surface area (Å²) in [7, 11) is 0. The quantitative estimate of drug-likeness (QED) is 0.883. The van der Waals surface area contributed by atoms with Crippen LogP contribution in [0, 0.1) is 5.92 Å². The second-order valence-electron chi connectivity index (χ2n) is 4.07. The van der Waals surface area contributed by atoms with Crippen LogP contribution in [0.4, 0.5) is 0 Å². The second-order valence-corrected chi connectivity index (χ2v) is 4.88. The standard InChI is InChI=1S/C12H14Cl2O2/c13-10-2-1-9(7-11(10)14)12(15)8-3-5-16-6-4-8/h1-2,7-8,12,15H,3-6H2/t12-/m0/s1. The van der Waals surface area contributed by atoms with Crippen molar-refractivity contribution >= 4 is 23.2 Å². The Kier molecular flexibility index (Phi) is 4.09. The van der Waals surface area contributed by atoms with Crippen molar-refractivity contribution in [3.63, 3.8) is 0 Å². The maximum absolute atomic E-state index is 10.2. The van der Waals surface area contributed by atoms with E-state index in [-0.39, 0.29) is 5.92 Å². The summed E-state index contributed by atoms with van der Waals surface area (Å²) in [6.07, 6.45) is 1.31. The van der Waals surface area contributed by atoms with Gasteiger partial charge >= 0.3 is 0 Å². The summed E-state index contributed by atoms with van der Waals surface area (Å²) >= 11 is 11.8. The molecule has 1 atom stereocenters. The number of halogens is 2. The highest BCUT2D eigenvalue weighted by atomic mass is 35.5. The molecule has 2 rings (SSSR count). The number of benzene rings is 1. The maximum atomic E-state index is 10.2. The van der Waals surface area contributed by atoms with Gasteiger partial charge in [-0.2, -0.15) is 0 Å². The Bertz CT molecular complexity index is 362. The van der Waals surface area contributed by atoms with Gasteiger partial charge in [0.2, 0.25) is 0 Å². The molecule has 0 aromatic heterocycles. The summed E-state index contributed by atoms with van der Waals surface area (Å²) in [4.78, 5) is 0. The number of aliphatic hydroxyl groups excluding tert-OH is 1. The molecule has 4 heteroatoms. The van der Waals surface area contributed by atoms with Gasteiger partial charge in [-0.15, -0.1) is 0 Å². The lowest BCUT2D eigenvalue weighted by atomic mass is 9.89. The first-order chi connectivity index (χ1) is 7.68. The Morgan fingerprint density at radius 2 is 1.88 bits per heavy atom. The van der Waals surface area contributed by atoms with Crippen molar-refractivity contribution in [2.75, 3.05) is 13.2 Å². The predicted molar refractivity (Wildman–Crippen MR) is 65.0 cm³/mol. The molecule has 1 aliphatic rings. The van der Waals surface area contributed by atoms with Crippen LogP contribution in [0.3, 0.4) is 0 Å². The summed E-state index contributed by atoms with van der Waals surface area (Å²) in [5.41, 5.74) is 0.835. The number of aliphatic hydroxyl groups is 1. The van der Waals surface area contributed by atoms with E-state index in [1.54, 1.807) is 12.1 Å². The molecular weight excluding hydrogens is 247 g/mol. The van der Waals surface area contributed by atoms with Crippen molar-refractivity contribution in [3.05, 3.63) is 33.8 Å². The van der Waals surface area contributed by atoms with E-state index in [0.29, 0.717) is 10.0 Å². The molecule has 1 aliphatic heterocycles. The zero-order valence-electron chi connectivity index (χ0n) is 8.83. The molecule has 16 heavy (non-hydrogen) atoms. The van der Waals surface area contributed by atoms with Crippen molar-refractivity contribution in [1.82, 2.24) is 0 Å². The third-order valence-electron chi connectivity index (χ3n) is 3.00. The third kappa shape index (κ3) is 2.69. The maximum Gasteiger partial charge on any atom is 0.0820 e. The average Bonchev–Trinajstić information content (AvgIpc) is 2.33. The molecule has 0 radical (unpaired) electrons. The van der Waals surface area contributed by atoms with Crippen LogP contribution in [0.2, 0.25) is 10.0 Å². The number of hydrogen-bond acceptors (Lipinski definition) is 2. The van der Waals surface area contributed by atoms with Gasteiger partial charge in [0.1, 0.15) is 0 Å². The lowest BCUT2D eigenvalue weighted by Gasteiger charge is -2.27. The molecule has 2 nitrogen and oxygen atoms in total. The van der Waals surface area contributed by atoms with Crippen molar-refractivity contribution in [1.29, 1.82) is 0 Å². The highest BCUT2D eigenvalue weighted by Crippen LogP contribution is 2.32. The average molecular weight is 261 g/mol. The molecular formula is C12H14Cl2O2. The molecule has 0 aliphatic carbocycles. The minimum Gasteiger partial charge on any atom is -0.388 e. The number of ether oxygens (including phenoxy) is 1. The second kappa shape index (κ2) is 5.37. The van der Waals surface area contributed by atoms with Crippen LogP contribution in [0.15, 0.2) is 18.2 Å². The van der Waals surface area contributed by atoms with Gasteiger partial charge in [0.15, 0.2) is 0 Å². The molecule has 1 saturated heterocycles. The van der Waals surface area contributed by atoms with Crippen LogP contribution in [0.1, 0.15) is 24.5 Å². The van der Waals surface area contributed by atoms with E-state index in [0.717, 1.165) is 31.6 Å². The largest absolute Gasteiger partial charge is 0.388 e. The summed E-state index contributed by atoms with van der Waals surface area (Å²) in [6, 6.07) is 5.29. The molecule has 1 heterocycles. The van der Waals surface area contributed by atoms with Gasteiger partial charge in [-0.1, -0.05) is 29.3 Å². The van der Waals surface area contributed by atoms with Crippen LogP contribution in [0.25, 0.3) is 0 Å².